The van der Waals surface area contributed by atoms with E-state index in [1.165, 1.54) is 12.1 Å². The third kappa shape index (κ3) is 2.28. The van der Waals surface area contributed by atoms with Crippen molar-refractivity contribution in [2.45, 2.75) is 13.0 Å². The van der Waals surface area contributed by atoms with Crippen LogP contribution in [0.4, 0.5) is 4.39 Å². The average Bonchev–Trinajstić information content (AvgIpc) is 2.38. The zero-order valence-electron chi connectivity index (χ0n) is 10.6. The van der Waals surface area contributed by atoms with E-state index in [9.17, 15) is 12.8 Å². The Morgan fingerprint density at radius 1 is 1.15 bits per heavy atom. The second kappa shape index (κ2) is 4.57. The molecule has 1 aliphatic rings. The van der Waals surface area contributed by atoms with Crippen molar-refractivity contribution in [1.82, 2.24) is 4.72 Å². The Labute approximate surface area is 116 Å². The van der Waals surface area contributed by atoms with Crippen LogP contribution in [0.1, 0.15) is 18.5 Å². The maximum Gasteiger partial charge on any atom is 0.383 e. The van der Waals surface area contributed by atoms with Gasteiger partial charge in [0.05, 0.1) is 6.04 Å². The number of rotatable bonds is 1. The maximum absolute atomic E-state index is 13.0. The molecule has 2 aromatic carbocycles. The van der Waals surface area contributed by atoms with E-state index < -0.39 is 10.3 Å². The number of nitrogens with one attached hydrogen (secondary N) is 1. The molecule has 0 amide bonds. The van der Waals surface area contributed by atoms with Crippen molar-refractivity contribution in [1.29, 1.82) is 0 Å². The lowest BCUT2D eigenvalue weighted by Gasteiger charge is -2.25. The van der Waals surface area contributed by atoms with Gasteiger partial charge in [0.25, 0.3) is 0 Å². The molecule has 0 fully saturated rings. The number of fused-ring (bicyclic) bond motifs is 1. The maximum atomic E-state index is 13.0. The molecule has 1 heterocycles. The number of hydrogen-bond donors (Lipinski definition) is 1. The normalized spacial score (nSPS) is 20.0. The Bertz CT molecular complexity index is 756. The second-order valence-electron chi connectivity index (χ2n) is 4.61. The predicted octanol–water partition coefficient (Wildman–Crippen LogP) is 2.78. The lowest BCUT2D eigenvalue weighted by Crippen LogP contribution is -2.35. The zero-order valence-corrected chi connectivity index (χ0v) is 11.4. The van der Waals surface area contributed by atoms with Crippen molar-refractivity contribution in [3.63, 3.8) is 0 Å². The number of halogens is 1. The minimum absolute atomic E-state index is 0.297. The fraction of sp³-hybridized carbons (Fsp3) is 0.143. The second-order valence-corrected chi connectivity index (χ2v) is 5.92. The monoisotopic (exact) mass is 293 g/mol. The van der Waals surface area contributed by atoms with Gasteiger partial charge in [-0.25, -0.2) is 4.39 Å². The highest BCUT2D eigenvalue weighted by Crippen LogP contribution is 2.39. The summed E-state index contributed by atoms with van der Waals surface area (Å²) in [6.45, 7) is 1.74. The zero-order chi connectivity index (χ0) is 14.3. The molecule has 0 bridgehead atoms. The largest absolute Gasteiger partial charge is 0.383 e. The van der Waals surface area contributed by atoms with Crippen molar-refractivity contribution in [2.24, 2.45) is 0 Å². The number of hydrogen-bond acceptors (Lipinski definition) is 3. The average molecular weight is 293 g/mol. The third-order valence-electron chi connectivity index (χ3n) is 3.18. The van der Waals surface area contributed by atoms with Crippen LogP contribution < -0.4 is 8.91 Å². The van der Waals surface area contributed by atoms with Crippen LogP contribution in [0.5, 0.6) is 5.75 Å². The summed E-state index contributed by atoms with van der Waals surface area (Å²) in [6, 6.07) is 10.8. The van der Waals surface area contributed by atoms with E-state index in [2.05, 4.69) is 4.72 Å². The molecule has 6 heteroatoms. The van der Waals surface area contributed by atoms with Crippen molar-refractivity contribution < 1.29 is 17.0 Å². The van der Waals surface area contributed by atoms with Crippen LogP contribution in [0.3, 0.4) is 0 Å². The standard InChI is InChI=1S/C14H12FNO3S/c1-9-12-3-2-4-13(10-5-7-11(15)8-6-10)14(12)19-20(17,18)16-9/h2-9,16H,1H3. The summed E-state index contributed by atoms with van der Waals surface area (Å²) in [5, 5.41) is 0. The molecule has 0 aliphatic carbocycles. The Hall–Kier alpha value is -1.92. The summed E-state index contributed by atoms with van der Waals surface area (Å²) in [5.74, 6) is -0.0486. The van der Waals surface area contributed by atoms with Gasteiger partial charge in [-0.15, -0.1) is 0 Å². The smallest absolute Gasteiger partial charge is 0.370 e. The van der Waals surface area contributed by atoms with Gasteiger partial charge in [0.2, 0.25) is 0 Å². The van der Waals surface area contributed by atoms with Crippen molar-refractivity contribution in [2.75, 3.05) is 0 Å². The molecule has 0 radical (unpaired) electrons. The van der Waals surface area contributed by atoms with Gasteiger partial charge in [0.15, 0.2) is 5.75 Å². The van der Waals surface area contributed by atoms with E-state index in [4.69, 9.17) is 4.18 Å². The summed E-state index contributed by atoms with van der Waals surface area (Å²) >= 11 is 0. The first-order valence-corrected chi connectivity index (χ1v) is 7.48. The van der Waals surface area contributed by atoms with Crippen LogP contribution in [0.25, 0.3) is 11.1 Å². The molecule has 2 aromatic rings. The minimum Gasteiger partial charge on any atom is -0.370 e. The Kier molecular flexibility index (Phi) is 2.99. The van der Waals surface area contributed by atoms with E-state index in [0.717, 1.165) is 5.56 Å². The van der Waals surface area contributed by atoms with E-state index in [-0.39, 0.29) is 11.9 Å². The number of para-hydroxylation sites is 1. The van der Waals surface area contributed by atoms with Gasteiger partial charge in [-0.3, -0.25) is 0 Å². The van der Waals surface area contributed by atoms with E-state index in [0.29, 0.717) is 16.9 Å². The lowest BCUT2D eigenvalue weighted by atomic mass is 9.98. The fourth-order valence-electron chi connectivity index (χ4n) is 2.26. The molecule has 0 saturated carbocycles. The topological polar surface area (TPSA) is 55.4 Å². The molecule has 3 rings (SSSR count). The molecule has 4 nitrogen and oxygen atoms in total. The molecule has 1 unspecified atom stereocenters. The molecule has 1 N–H and O–H groups in total. The molecule has 104 valence electrons. The van der Waals surface area contributed by atoms with Crippen molar-refractivity contribution >= 4 is 10.3 Å². The summed E-state index contributed by atoms with van der Waals surface area (Å²) in [7, 11) is -3.81. The first kappa shape index (κ1) is 13.1. The molecular formula is C14H12FNO3S. The van der Waals surface area contributed by atoms with Crippen LogP contribution >= 0.6 is 0 Å². The predicted molar refractivity (Wildman–Crippen MR) is 72.9 cm³/mol. The van der Waals surface area contributed by atoms with Gasteiger partial charge in [0.1, 0.15) is 5.82 Å². The molecule has 1 aliphatic heterocycles. The van der Waals surface area contributed by atoms with Gasteiger partial charge in [-0.2, -0.15) is 13.1 Å². The van der Waals surface area contributed by atoms with Crippen LogP contribution in [0.2, 0.25) is 0 Å². The quantitative estimate of drug-likeness (QED) is 0.879. The summed E-state index contributed by atoms with van der Waals surface area (Å²) in [4.78, 5) is 0. The first-order valence-electron chi connectivity index (χ1n) is 6.07. The highest BCUT2D eigenvalue weighted by atomic mass is 32.2. The van der Waals surface area contributed by atoms with Crippen LogP contribution in [0, 0.1) is 5.82 Å². The summed E-state index contributed by atoms with van der Waals surface area (Å²) in [5.41, 5.74) is 2.08. The molecule has 1 atom stereocenters. The van der Waals surface area contributed by atoms with E-state index >= 15 is 0 Å². The Balaban J connectivity index is 2.19. The van der Waals surface area contributed by atoms with E-state index in [1.807, 2.05) is 6.07 Å². The van der Waals surface area contributed by atoms with E-state index in [1.54, 1.807) is 31.2 Å². The molecule has 20 heavy (non-hydrogen) atoms. The van der Waals surface area contributed by atoms with Crippen LogP contribution in [-0.2, 0) is 10.3 Å². The summed E-state index contributed by atoms with van der Waals surface area (Å²) in [6.07, 6.45) is 0. The highest BCUT2D eigenvalue weighted by Gasteiger charge is 2.29. The minimum atomic E-state index is -3.81. The lowest BCUT2D eigenvalue weighted by molar-refractivity contribution is 0.437. The Morgan fingerprint density at radius 3 is 2.55 bits per heavy atom. The highest BCUT2D eigenvalue weighted by molar-refractivity contribution is 7.85. The van der Waals surface area contributed by atoms with Gasteiger partial charge < -0.3 is 4.18 Å². The van der Waals surface area contributed by atoms with Gasteiger partial charge >= 0.3 is 10.3 Å². The van der Waals surface area contributed by atoms with Crippen LogP contribution in [-0.4, -0.2) is 8.42 Å². The SMILES string of the molecule is CC1NS(=O)(=O)Oc2c(-c3ccc(F)cc3)cccc21. The molecule has 0 spiro atoms. The van der Waals surface area contributed by atoms with Crippen molar-refractivity contribution in [3.05, 3.63) is 53.8 Å². The van der Waals surface area contributed by atoms with Crippen molar-refractivity contribution in [3.8, 4) is 16.9 Å². The first-order chi connectivity index (χ1) is 9.46. The fourth-order valence-corrected chi connectivity index (χ4v) is 3.27. The molecule has 0 aromatic heterocycles. The van der Waals surface area contributed by atoms with Gasteiger partial charge in [0, 0.05) is 11.1 Å². The molecular weight excluding hydrogens is 281 g/mol. The summed E-state index contributed by atoms with van der Waals surface area (Å²) < 4.78 is 43.8. The van der Waals surface area contributed by atoms with Crippen LogP contribution in [0.15, 0.2) is 42.5 Å². The Morgan fingerprint density at radius 2 is 1.85 bits per heavy atom. The molecule has 0 saturated heterocycles. The van der Waals surface area contributed by atoms with Gasteiger partial charge in [-0.1, -0.05) is 30.3 Å². The third-order valence-corrected chi connectivity index (χ3v) is 4.21. The van der Waals surface area contributed by atoms with Gasteiger partial charge in [-0.05, 0) is 24.6 Å². The number of benzene rings is 2.